The summed E-state index contributed by atoms with van der Waals surface area (Å²) in [6.45, 7) is 8.05. The number of carbonyl (C=O) groups excluding carboxylic acids is 1. The lowest BCUT2D eigenvalue weighted by molar-refractivity contribution is -0.110. The molecule has 3 nitrogen and oxygen atoms in total. The standard InChI is InChI=1S/C14H21NO2/c1-11(15-10-16)9-12-5-7-13(8-6-12)17-14(2,3)4/h5-8,10-11H,9H2,1-4H3,(H,15,16). The van der Waals surface area contributed by atoms with Crippen molar-refractivity contribution >= 4 is 6.41 Å². The largest absolute Gasteiger partial charge is 0.488 e. The smallest absolute Gasteiger partial charge is 0.207 e. The highest BCUT2D eigenvalue weighted by Crippen LogP contribution is 2.18. The zero-order valence-corrected chi connectivity index (χ0v) is 11.0. The molecule has 17 heavy (non-hydrogen) atoms. The van der Waals surface area contributed by atoms with Crippen LogP contribution < -0.4 is 10.1 Å². The second-order valence-electron chi connectivity index (χ2n) is 5.25. The van der Waals surface area contributed by atoms with Crippen molar-refractivity contribution in [3.63, 3.8) is 0 Å². The van der Waals surface area contributed by atoms with Gasteiger partial charge in [0, 0.05) is 6.04 Å². The Morgan fingerprint density at radius 2 is 1.88 bits per heavy atom. The molecule has 0 aromatic heterocycles. The molecule has 1 unspecified atom stereocenters. The molecule has 0 fully saturated rings. The highest BCUT2D eigenvalue weighted by molar-refractivity contribution is 5.46. The van der Waals surface area contributed by atoms with Gasteiger partial charge < -0.3 is 10.1 Å². The molecule has 3 heteroatoms. The molecule has 1 rings (SSSR count). The van der Waals surface area contributed by atoms with E-state index in [2.05, 4.69) is 5.32 Å². The van der Waals surface area contributed by atoms with Crippen LogP contribution in [-0.2, 0) is 11.2 Å². The van der Waals surface area contributed by atoms with E-state index in [1.165, 1.54) is 5.56 Å². The summed E-state index contributed by atoms with van der Waals surface area (Å²) >= 11 is 0. The first-order valence-electron chi connectivity index (χ1n) is 5.88. The predicted molar refractivity (Wildman–Crippen MR) is 69.2 cm³/mol. The number of nitrogens with one attached hydrogen (secondary N) is 1. The van der Waals surface area contributed by atoms with E-state index in [1.807, 2.05) is 52.0 Å². The fraction of sp³-hybridized carbons (Fsp3) is 0.500. The molecule has 1 aromatic rings. The molecular weight excluding hydrogens is 214 g/mol. The van der Waals surface area contributed by atoms with E-state index < -0.39 is 0 Å². The van der Waals surface area contributed by atoms with Crippen LogP contribution in [0.15, 0.2) is 24.3 Å². The third-order valence-electron chi connectivity index (χ3n) is 2.24. The molecule has 0 aliphatic rings. The molecule has 94 valence electrons. The molecule has 0 aliphatic heterocycles. The molecule has 1 aromatic carbocycles. The lowest BCUT2D eigenvalue weighted by Crippen LogP contribution is -2.26. The first-order valence-corrected chi connectivity index (χ1v) is 5.88. The molecule has 0 radical (unpaired) electrons. The van der Waals surface area contributed by atoms with Gasteiger partial charge in [-0.25, -0.2) is 0 Å². The Hall–Kier alpha value is -1.51. The summed E-state index contributed by atoms with van der Waals surface area (Å²) in [5.74, 6) is 0.872. The molecule has 0 saturated heterocycles. The summed E-state index contributed by atoms with van der Waals surface area (Å²) < 4.78 is 5.74. The number of hydrogen-bond acceptors (Lipinski definition) is 2. The van der Waals surface area contributed by atoms with E-state index >= 15 is 0 Å². The summed E-state index contributed by atoms with van der Waals surface area (Å²) in [7, 11) is 0. The minimum absolute atomic E-state index is 0.155. The van der Waals surface area contributed by atoms with Crippen LogP contribution in [0.4, 0.5) is 0 Å². The van der Waals surface area contributed by atoms with Crippen LogP contribution in [0.2, 0.25) is 0 Å². The zero-order valence-electron chi connectivity index (χ0n) is 11.0. The summed E-state index contributed by atoms with van der Waals surface area (Å²) in [6.07, 6.45) is 1.57. The maximum Gasteiger partial charge on any atom is 0.207 e. The number of hydrogen-bond donors (Lipinski definition) is 1. The summed E-state index contributed by atoms with van der Waals surface area (Å²) in [4.78, 5) is 10.3. The topological polar surface area (TPSA) is 38.3 Å². The van der Waals surface area contributed by atoms with Gasteiger partial charge in [0.25, 0.3) is 0 Å². The van der Waals surface area contributed by atoms with Crippen LogP contribution in [0.25, 0.3) is 0 Å². The number of ether oxygens (including phenoxy) is 1. The van der Waals surface area contributed by atoms with Gasteiger partial charge in [-0.1, -0.05) is 12.1 Å². The van der Waals surface area contributed by atoms with Crippen LogP contribution >= 0.6 is 0 Å². The zero-order chi connectivity index (χ0) is 12.9. The van der Waals surface area contributed by atoms with Crippen LogP contribution in [0, 0.1) is 0 Å². The Morgan fingerprint density at radius 1 is 1.29 bits per heavy atom. The van der Waals surface area contributed by atoms with E-state index in [-0.39, 0.29) is 11.6 Å². The first-order chi connectivity index (χ1) is 7.90. The highest BCUT2D eigenvalue weighted by atomic mass is 16.5. The van der Waals surface area contributed by atoms with Crippen molar-refractivity contribution in [3.8, 4) is 5.75 Å². The lowest BCUT2D eigenvalue weighted by atomic mass is 10.1. The van der Waals surface area contributed by atoms with Crippen molar-refractivity contribution in [2.45, 2.75) is 45.8 Å². The summed E-state index contributed by atoms with van der Waals surface area (Å²) in [6, 6.07) is 8.15. The van der Waals surface area contributed by atoms with Crippen molar-refractivity contribution in [3.05, 3.63) is 29.8 Å². The SMILES string of the molecule is CC(Cc1ccc(OC(C)(C)C)cc1)NC=O. The van der Waals surface area contributed by atoms with Crippen LogP contribution in [-0.4, -0.2) is 18.1 Å². The van der Waals surface area contributed by atoms with Gasteiger partial charge in [-0.15, -0.1) is 0 Å². The fourth-order valence-corrected chi connectivity index (χ4v) is 1.58. The number of amides is 1. The van der Waals surface area contributed by atoms with Gasteiger partial charge in [-0.05, 0) is 51.8 Å². The molecule has 0 spiro atoms. The van der Waals surface area contributed by atoms with Gasteiger partial charge in [0.2, 0.25) is 6.41 Å². The summed E-state index contributed by atoms with van der Waals surface area (Å²) in [5.41, 5.74) is 1.02. The highest BCUT2D eigenvalue weighted by Gasteiger charge is 2.11. The Balaban J connectivity index is 2.59. The molecule has 1 N–H and O–H groups in total. The van der Waals surface area contributed by atoms with Gasteiger partial charge >= 0.3 is 0 Å². The molecule has 0 heterocycles. The summed E-state index contributed by atoms with van der Waals surface area (Å²) in [5, 5.41) is 2.74. The quantitative estimate of drug-likeness (QED) is 0.796. The fourth-order valence-electron chi connectivity index (χ4n) is 1.58. The Morgan fingerprint density at radius 3 is 2.35 bits per heavy atom. The van der Waals surface area contributed by atoms with Gasteiger partial charge in [0.15, 0.2) is 0 Å². The Labute approximate surface area is 103 Å². The van der Waals surface area contributed by atoms with Crippen LogP contribution in [0.1, 0.15) is 33.3 Å². The Bertz CT molecular complexity index is 351. The third-order valence-corrected chi connectivity index (χ3v) is 2.24. The predicted octanol–water partition coefficient (Wildman–Crippen LogP) is 2.54. The van der Waals surface area contributed by atoms with Crippen molar-refractivity contribution in [1.82, 2.24) is 5.32 Å². The minimum Gasteiger partial charge on any atom is -0.488 e. The van der Waals surface area contributed by atoms with E-state index in [1.54, 1.807) is 0 Å². The van der Waals surface area contributed by atoms with Crippen molar-refractivity contribution < 1.29 is 9.53 Å². The van der Waals surface area contributed by atoms with Gasteiger partial charge in [0.05, 0.1) is 0 Å². The van der Waals surface area contributed by atoms with Crippen LogP contribution in [0.5, 0.6) is 5.75 Å². The average molecular weight is 235 g/mol. The third kappa shape index (κ3) is 5.38. The second kappa shape index (κ2) is 5.71. The minimum atomic E-state index is -0.173. The monoisotopic (exact) mass is 235 g/mol. The van der Waals surface area contributed by atoms with Crippen molar-refractivity contribution in [2.24, 2.45) is 0 Å². The molecule has 0 saturated carbocycles. The Kier molecular flexibility index (Phi) is 4.55. The van der Waals surface area contributed by atoms with E-state index in [0.717, 1.165) is 18.6 Å². The number of rotatable bonds is 5. The van der Waals surface area contributed by atoms with E-state index in [4.69, 9.17) is 4.74 Å². The molecule has 1 amide bonds. The van der Waals surface area contributed by atoms with Crippen LogP contribution in [0.3, 0.4) is 0 Å². The first kappa shape index (κ1) is 13.6. The van der Waals surface area contributed by atoms with Gasteiger partial charge in [0.1, 0.15) is 11.4 Å². The van der Waals surface area contributed by atoms with Gasteiger partial charge in [-0.2, -0.15) is 0 Å². The molecule has 1 atom stereocenters. The average Bonchev–Trinajstić information content (AvgIpc) is 2.19. The second-order valence-corrected chi connectivity index (χ2v) is 5.25. The number of benzene rings is 1. The van der Waals surface area contributed by atoms with E-state index in [0.29, 0.717) is 0 Å². The maximum atomic E-state index is 10.3. The molecule has 0 bridgehead atoms. The maximum absolute atomic E-state index is 10.3. The normalized spacial score (nSPS) is 12.9. The molecule has 0 aliphatic carbocycles. The van der Waals surface area contributed by atoms with Gasteiger partial charge in [-0.3, -0.25) is 4.79 Å². The number of carbonyl (C=O) groups is 1. The van der Waals surface area contributed by atoms with E-state index in [9.17, 15) is 4.79 Å². The lowest BCUT2D eigenvalue weighted by Gasteiger charge is -2.21. The van der Waals surface area contributed by atoms with Crippen molar-refractivity contribution in [2.75, 3.05) is 0 Å². The van der Waals surface area contributed by atoms with Crippen molar-refractivity contribution in [1.29, 1.82) is 0 Å². The molecular formula is C14H21NO2.